The topological polar surface area (TPSA) is 48.1 Å². The molecule has 0 radical (unpaired) electrons. The van der Waals surface area contributed by atoms with Gasteiger partial charge in [0, 0.05) is 6.54 Å². The number of aromatic nitrogens is 1. The van der Waals surface area contributed by atoms with Gasteiger partial charge in [-0.3, -0.25) is 4.98 Å². The standard InChI is InChI=1S/C16H26N2O/c1-12-7-15(9-16(2,3)8-12)19-11-14-6-4-5-13(10-17)18-14/h4-6,12,15H,7-11,17H2,1-3H3. The van der Waals surface area contributed by atoms with Crippen molar-refractivity contribution in [3.8, 4) is 0 Å². The van der Waals surface area contributed by atoms with Crippen LogP contribution in [0.4, 0.5) is 0 Å². The van der Waals surface area contributed by atoms with E-state index in [-0.39, 0.29) is 0 Å². The third-order valence-corrected chi connectivity index (χ3v) is 3.89. The largest absolute Gasteiger partial charge is 0.372 e. The van der Waals surface area contributed by atoms with Crippen LogP contribution in [0.2, 0.25) is 0 Å². The van der Waals surface area contributed by atoms with Gasteiger partial charge in [-0.1, -0.05) is 26.8 Å². The van der Waals surface area contributed by atoms with Crippen molar-refractivity contribution < 1.29 is 4.74 Å². The van der Waals surface area contributed by atoms with Gasteiger partial charge in [0.1, 0.15) is 0 Å². The van der Waals surface area contributed by atoms with Crippen molar-refractivity contribution in [2.45, 2.75) is 59.3 Å². The second-order valence-corrected chi connectivity index (χ2v) is 6.67. The van der Waals surface area contributed by atoms with E-state index in [1.54, 1.807) is 0 Å². The monoisotopic (exact) mass is 262 g/mol. The van der Waals surface area contributed by atoms with Gasteiger partial charge in [0.25, 0.3) is 0 Å². The van der Waals surface area contributed by atoms with E-state index in [1.165, 1.54) is 12.8 Å². The Kier molecular flexibility index (Phi) is 4.58. The van der Waals surface area contributed by atoms with E-state index in [0.29, 0.717) is 24.7 Å². The highest BCUT2D eigenvalue weighted by atomic mass is 16.5. The average Bonchev–Trinajstić information content (AvgIpc) is 2.34. The Morgan fingerprint density at radius 2 is 2.05 bits per heavy atom. The Morgan fingerprint density at radius 1 is 1.32 bits per heavy atom. The minimum atomic E-state index is 0.363. The maximum atomic E-state index is 6.07. The molecule has 19 heavy (non-hydrogen) atoms. The Bertz CT molecular complexity index is 417. The summed E-state index contributed by atoms with van der Waals surface area (Å²) in [6.45, 7) is 8.09. The molecule has 1 fully saturated rings. The number of rotatable bonds is 4. The predicted octanol–water partition coefficient (Wildman–Crippen LogP) is 3.27. The second-order valence-electron chi connectivity index (χ2n) is 6.67. The van der Waals surface area contributed by atoms with E-state index < -0.39 is 0 Å². The van der Waals surface area contributed by atoms with Gasteiger partial charge in [-0.25, -0.2) is 0 Å². The zero-order valence-electron chi connectivity index (χ0n) is 12.4. The van der Waals surface area contributed by atoms with Gasteiger partial charge in [-0.15, -0.1) is 0 Å². The summed E-state index contributed by atoms with van der Waals surface area (Å²) in [5.74, 6) is 0.747. The summed E-state index contributed by atoms with van der Waals surface area (Å²) in [5, 5.41) is 0. The molecular weight excluding hydrogens is 236 g/mol. The van der Waals surface area contributed by atoms with Crippen molar-refractivity contribution in [3.63, 3.8) is 0 Å². The molecule has 1 aliphatic carbocycles. The molecule has 2 N–H and O–H groups in total. The number of hydrogen-bond donors (Lipinski definition) is 1. The fourth-order valence-corrected chi connectivity index (χ4v) is 3.31. The molecule has 106 valence electrons. The summed E-state index contributed by atoms with van der Waals surface area (Å²) in [7, 11) is 0. The summed E-state index contributed by atoms with van der Waals surface area (Å²) in [6.07, 6.45) is 3.98. The van der Waals surface area contributed by atoms with Crippen molar-refractivity contribution in [1.29, 1.82) is 0 Å². The van der Waals surface area contributed by atoms with E-state index in [4.69, 9.17) is 10.5 Å². The van der Waals surface area contributed by atoms with E-state index in [0.717, 1.165) is 23.7 Å². The molecule has 0 spiro atoms. The van der Waals surface area contributed by atoms with Gasteiger partial charge in [0.05, 0.1) is 24.1 Å². The van der Waals surface area contributed by atoms with Crippen LogP contribution in [0.5, 0.6) is 0 Å². The molecule has 2 rings (SSSR count). The van der Waals surface area contributed by atoms with Crippen LogP contribution in [-0.4, -0.2) is 11.1 Å². The molecule has 3 nitrogen and oxygen atoms in total. The predicted molar refractivity (Wildman–Crippen MR) is 77.5 cm³/mol. The molecule has 1 aromatic rings. The molecule has 1 saturated carbocycles. The summed E-state index contributed by atoms with van der Waals surface area (Å²) in [6, 6.07) is 5.97. The molecule has 3 heteroatoms. The maximum Gasteiger partial charge on any atom is 0.0891 e. The lowest BCUT2D eigenvalue weighted by Gasteiger charge is -2.38. The number of hydrogen-bond acceptors (Lipinski definition) is 3. The summed E-state index contributed by atoms with van der Waals surface area (Å²) < 4.78 is 6.07. The van der Waals surface area contributed by atoms with Crippen molar-refractivity contribution in [3.05, 3.63) is 29.6 Å². The first-order chi connectivity index (χ1) is 8.98. The van der Waals surface area contributed by atoms with Gasteiger partial charge in [-0.2, -0.15) is 0 Å². The Balaban J connectivity index is 1.91. The molecule has 0 aliphatic heterocycles. The van der Waals surface area contributed by atoms with Crippen molar-refractivity contribution in [2.75, 3.05) is 0 Å². The Morgan fingerprint density at radius 3 is 2.74 bits per heavy atom. The highest BCUT2D eigenvalue weighted by Gasteiger charge is 2.32. The fraction of sp³-hybridized carbons (Fsp3) is 0.688. The highest BCUT2D eigenvalue weighted by Crippen LogP contribution is 2.39. The van der Waals surface area contributed by atoms with Crippen LogP contribution in [0.1, 0.15) is 51.4 Å². The molecule has 2 atom stereocenters. The van der Waals surface area contributed by atoms with Crippen LogP contribution < -0.4 is 5.73 Å². The minimum absolute atomic E-state index is 0.363. The van der Waals surface area contributed by atoms with Crippen LogP contribution in [0, 0.1) is 11.3 Å². The van der Waals surface area contributed by atoms with Gasteiger partial charge >= 0.3 is 0 Å². The zero-order chi connectivity index (χ0) is 13.9. The molecule has 2 unspecified atom stereocenters. The van der Waals surface area contributed by atoms with Crippen LogP contribution >= 0.6 is 0 Å². The van der Waals surface area contributed by atoms with Crippen LogP contribution in [0.25, 0.3) is 0 Å². The third kappa shape index (κ3) is 4.29. The normalized spacial score (nSPS) is 26.3. The number of pyridine rings is 1. The van der Waals surface area contributed by atoms with Crippen LogP contribution in [0.15, 0.2) is 18.2 Å². The summed E-state index contributed by atoms with van der Waals surface area (Å²) in [4.78, 5) is 4.48. The molecule has 0 saturated heterocycles. The van der Waals surface area contributed by atoms with Gasteiger partial charge < -0.3 is 10.5 Å². The Labute approximate surface area is 116 Å². The molecule has 1 aliphatic rings. The number of nitrogens with two attached hydrogens (primary N) is 1. The first-order valence-corrected chi connectivity index (χ1v) is 7.25. The van der Waals surface area contributed by atoms with Gasteiger partial charge in [0.15, 0.2) is 0 Å². The fourth-order valence-electron chi connectivity index (χ4n) is 3.31. The molecule has 1 aromatic heterocycles. The van der Waals surface area contributed by atoms with E-state index in [2.05, 4.69) is 25.8 Å². The molecule has 0 amide bonds. The molecular formula is C16H26N2O. The maximum absolute atomic E-state index is 6.07. The lowest BCUT2D eigenvalue weighted by atomic mass is 9.71. The lowest BCUT2D eigenvalue weighted by Crippen LogP contribution is -2.32. The smallest absolute Gasteiger partial charge is 0.0891 e. The average molecular weight is 262 g/mol. The zero-order valence-corrected chi connectivity index (χ0v) is 12.4. The van der Waals surface area contributed by atoms with E-state index in [1.807, 2.05) is 18.2 Å². The molecule has 0 aromatic carbocycles. The van der Waals surface area contributed by atoms with Crippen LogP contribution in [-0.2, 0) is 17.9 Å². The first kappa shape index (κ1) is 14.5. The van der Waals surface area contributed by atoms with Crippen molar-refractivity contribution in [1.82, 2.24) is 4.98 Å². The van der Waals surface area contributed by atoms with Gasteiger partial charge in [0.2, 0.25) is 0 Å². The molecule has 1 heterocycles. The second kappa shape index (κ2) is 6.02. The van der Waals surface area contributed by atoms with Crippen LogP contribution in [0.3, 0.4) is 0 Å². The Hall–Kier alpha value is -0.930. The minimum Gasteiger partial charge on any atom is -0.372 e. The lowest BCUT2D eigenvalue weighted by molar-refractivity contribution is -0.0327. The first-order valence-electron chi connectivity index (χ1n) is 7.25. The van der Waals surface area contributed by atoms with Crippen molar-refractivity contribution >= 4 is 0 Å². The number of nitrogens with zero attached hydrogens (tertiary/aromatic N) is 1. The van der Waals surface area contributed by atoms with Crippen molar-refractivity contribution in [2.24, 2.45) is 17.1 Å². The highest BCUT2D eigenvalue weighted by molar-refractivity contribution is 5.10. The number of ether oxygens (including phenoxy) is 1. The van der Waals surface area contributed by atoms with Gasteiger partial charge in [-0.05, 0) is 42.7 Å². The SMILES string of the molecule is CC1CC(OCc2cccc(CN)n2)CC(C)(C)C1. The summed E-state index contributed by atoms with van der Waals surface area (Å²) >= 11 is 0. The van der Waals surface area contributed by atoms with E-state index in [9.17, 15) is 0 Å². The molecule has 0 bridgehead atoms. The van der Waals surface area contributed by atoms with E-state index >= 15 is 0 Å². The summed E-state index contributed by atoms with van der Waals surface area (Å²) in [5.41, 5.74) is 7.92. The quantitative estimate of drug-likeness (QED) is 0.906. The third-order valence-electron chi connectivity index (χ3n) is 3.89.